The van der Waals surface area contributed by atoms with E-state index in [2.05, 4.69) is 20.5 Å². The van der Waals surface area contributed by atoms with Gasteiger partial charge in [0.15, 0.2) is 35.7 Å². The largest absolute Gasteiger partial charge is 0.435 e. The Hall–Kier alpha value is -3.57. The summed E-state index contributed by atoms with van der Waals surface area (Å²) in [5, 5.41) is 12.0. The van der Waals surface area contributed by atoms with E-state index in [1.54, 1.807) is 25.1 Å². The molecule has 0 bridgehead atoms. The lowest BCUT2D eigenvalue weighted by Crippen LogP contribution is -2.14. The number of anilines is 1. The molecule has 8 nitrogen and oxygen atoms in total. The van der Waals surface area contributed by atoms with Gasteiger partial charge in [-0.15, -0.1) is 9.73 Å². The zero-order valence-corrected chi connectivity index (χ0v) is 17.2. The van der Waals surface area contributed by atoms with Crippen molar-refractivity contribution in [3.8, 4) is 11.4 Å². The number of carbonyl (C=O) groups excluding carboxylic acids is 1. The highest BCUT2D eigenvalue weighted by atomic mass is 35.5. The highest BCUT2D eigenvalue weighted by Crippen LogP contribution is 2.24. The van der Waals surface area contributed by atoms with Crippen molar-refractivity contribution < 1.29 is 27.4 Å². The molecule has 0 saturated heterocycles. The van der Waals surface area contributed by atoms with Crippen LogP contribution >= 0.6 is 11.6 Å². The molecule has 166 valence electrons. The molecule has 0 unspecified atom stereocenters. The Kier molecular flexibility index (Phi) is 6.01. The van der Waals surface area contributed by atoms with Crippen LogP contribution in [0.25, 0.3) is 17.0 Å². The average Bonchev–Trinajstić information content (AvgIpc) is 3.31. The maximum Gasteiger partial charge on any atom is 0.343 e. The number of carbonyl (C=O) groups is 1. The summed E-state index contributed by atoms with van der Waals surface area (Å²) in [6, 6.07) is 8.63. The number of benzene rings is 2. The van der Waals surface area contributed by atoms with Crippen LogP contribution in [0.4, 0.5) is 18.9 Å². The second-order valence-electron chi connectivity index (χ2n) is 6.59. The third-order valence-electron chi connectivity index (χ3n) is 4.44. The van der Waals surface area contributed by atoms with Crippen LogP contribution in [0.15, 0.2) is 36.4 Å². The van der Waals surface area contributed by atoms with Gasteiger partial charge in [0, 0.05) is 11.3 Å². The van der Waals surface area contributed by atoms with Crippen molar-refractivity contribution in [1.82, 2.24) is 19.8 Å². The molecule has 0 aliphatic heterocycles. The van der Waals surface area contributed by atoms with Gasteiger partial charge in [-0.2, -0.15) is 5.10 Å². The van der Waals surface area contributed by atoms with Gasteiger partial charge in [-0.25, -0.2) is 18.0 Å². The van der Waals surface area contributed by atoms with Crippen LogP contribution in [0.2, 0.25) is 5.02 Å². The van der Waals surface area contributed by atoms with E-state index in [1.807, 2.05) is 6.07 Å². The number of aromatic nitrogens is 4. The fraction of sp³-hybridized carbons (Fsp3) is 0.150. The molecule has 2 aromatic carbocycles. The first-order chi connectivity index (χ1) is 15.3. The SMILES string of the molecule is Cc1nn2nc(-c3cccc(NCOCOC(=O)c4ccc(F)c(F)c4F)c3)[nH]c2c1Cl. The predicted molar refractivity (Wildman–Crippen MR) is 109 cm³/mol. The van der Waals surface area contributed by atoms with Crippen molar-refractivity contribution in [2.75, 3.05) is 18.8 Å². The third-order valence-corrected chi connectivity index (χ3v) is 4.90. The Labute approximate surface area is 183 Å². The normalized spacial score (nSPS) is 11.2. The molecule has 4 aromatic rings. The molecule has 0 saturated carbocycles. The zero-order valence-electron chi connectivity index (χ0n) is 16.5. The third kappa shape index (κ3) is 4.25. The standard InChI is InChI=1S/C20H15ClF3N5O3/c1-10-15(21)19-26-18(28-29(19)27-10)11-3-2-4-12(7-11)25-8-31-9-32-20(30)13-5-6-14(22)17(24)16(13)23/h2-7,25H,8-9H2,1H3,(H,26,28). The van der Waals surface area contributed by atoms with Crippen molar-refractivity contribution in [3.63, 3.8) is 0 Å². The molecule has 32 heavy (non-hydrogen) atoms. The summed E-state index contributed by atoms with van der Waals surface area (Å²) in [5.74, 6) is -5.39. The Morgan fingerprint density at radius 3 is 2.78 bits per heavy atom. The fourth-order valence-corrected chi connectivity index (χ4v) is 3.00. The van der Waals surface area contributed by atoms with Crippen LogP contribution in [0.3, 0.4) is 0 Å². The second-order valence-corrected chi connectivity index (χ2v) is 6.97. The zero-order chi connectivity index (χ0) is 22.8. The van der Waals surface area contributed by atoms with Gasteiger partial charge in [-0.3, -0.25) is 0 Å². The smallest absolute Gasteiger partial charge is 0.343 e. The number of hydrogen-bond donors (Lipinski definition) is 2. The van der Waals surface area contributed by atoms with E-state index in [1.165, 1.54) is 4.63 Å². The van der Waals surface area contributed by atoms with Gasteiger partial charge in [0.2, 0.25) is 0 Å². The molecule has 2 heterocycles. The van der Waals surface area contributed by atoms with E-state index in [0.29, 0.717) is 33.9 Å². The molecule has 0 aliphatic carbocycles. The Morgan fingerprint density at radius 2 is 2.00 bits per heavy atom. The first kappa shape index (κ1) is 21.7. The lowest BCUT2D eigenvalue weighted by molar-refractivity contribution is -0.0263. The number of hydrogen-bond acceptors (Lipinski definition) is 6. The highest BCUT2D eigenvalue weighted by Gasteiger charge is 2.20. The molecular weight excluding hydrogens is 451 g/mol. The van der Waals surface area contributed by atoms with E-state index in [0.717, 1.165) is 11.6 Å². The van der Waals surface area contributed by atoms with Crippen LogP contribution in [-0.4, -0.2) is 39.3 Å². The minimum Gasteiger partial charge on any atom is -0.435 e. The van der Waals surface area contributed by atoms with Gasteiger partial charge in [0.1, 0.15) is 11.8 Å². The average molecular weight is 466 g/mol. The van der Waals surface area contributed by atoms with Crippen LogP contribution in [0.1, 0.15) is 16.1 Å². The first-order valence-electron chi connectivity index (χ1n) is 9.19. The number of aromatic amines is 1. The van der Waals surface area contributed by atoms with Crippen molar-refractivity contribution >= 4 is 28.9 Å². The summed E-state index contributed by atoms with van der Waals surface area (Å²) in [4.78, 5) is 14.9. The monoisotopic (exact) mass is 465 g/mol. The van der Waals surface area contributed by atoms with Crippen molar-refractivity contribution in [2.24, 2.45) is 0 Å². The molecule has 0 spiro atoms. The van der Waals surface area contributed by atoms with Gasteiger partial charge >= 0.3 is 5.97 Å². The van der Waals surface area contributed by atoms with Crippen LogP contribution in [-0.2, 0) is 9.47 Å². The summed E-state index contributed by atoms with van der Waals surface area (Å²) < 4.78 is 51.0. The summed E-state index contributed by atoms with van der Waals surface area (Å²) >= 11 is 6.18. The van der Waals surface area contributed by atoms with Crippen molar-refractivity contribution in [2.45, 2.75) is 6.92 Å². The Bertz CT molecular complexity index is 1310. The topological polar surface area (TPSA) is 93.5 Å². The number of nitrogens with zero attached hydrogens (tertiary/aromatic N) is 3. The van der Waals surface area contributed by atoms with E-state index < -0.39 is 35.8 Å². The molecule has 0 fully saturated rings. The summed E-state index contributed by atoms with van der Waals surface area (Å²) in [6.45, 7) is 1.20. The molecule has 2 N–H and O–H groups in total. The van der Waals surface area contributed by atoms with Crippen LogP contribution in [0.5, 0.6) is 0 Å². The molecule has 0 aliphatic rings. The summed E-state index contributed by atoms with van der Waals surface area (Å²) in [6.07, 6.45) is 0. The van der Waals surface area contributed by atoms with Gasteiger partial charge in [0.05, 0.1) is 11.3 Å². The Balaban J connectivity index is 1.31. The molecular formula is C20H15ClF3N5O3. The molecule has 0 amide bonds. The summed E-state index contributed by atoms with van der Waals surface area (Å²) in [7, 11) is 0. The predicted octanol–water partition coefficient (Wildman–Crippen LogP) is 4.30. The molecule has 12 heteroatoms. The maximum atomic E-state index is 13.6. The first-order valence-corrected chi connectivity index (χ1v) is 9.56. The number of aryl methyl sites for hydroxylation is 1. The number of H-pyrrole nitrogens is 1. The van der Waals surface area contributed by atoms with Gasteiger partial charge in [-0.1, -0.05) is 23.7 Å². The number of rotatable bonds is 7. The van der Waals surface area contributed by atoms with Gasteiger partial charge in [0.25, 0.3) is 0 Å². The van der Waals surface area contributed by atoms with Crippen LogP contribution < -0.4 is 5.32 Å². The van der Waals surface area contributed by atoms with Gasteiger partial charge < -0.3 is 19.8 Å². The molecule has 2 aromatic heterocycles. The quantitative estimate of drug-likeness (QED) is 0.183. The number of esters is 1. The molecule has 4 rings (SSSR count). The number of halogens is 4. The molecule has 0 atom stereocenters. The summed E-state index contributed by atoms with van der Waals surface area (Å²) in [5.41, 5.74) is 1.96. The highest BCUT2D eigenvalue weighted by molar-refractivity contribution is 6.34. The number of fused-ring (bicyclic) bond motifs is 1. The lowest BCUT2D eigenvalue weighted by Gasteiger charge is -2.10. The Morgan fingerprint density at radius 1 is 1.19 bits per heavy atom. The van der Waals surface area contributed by atoms with E-state index >= 15 is 0 Å². The van der Waals surface area contributed by atoms with E-state index in [4.69, 9.17) is 21.1 Å². The fourth-order valence-electron chi connectivity index (χ4n) is 2.84. The van der Waals surface area contributed by atoms with Gasteiger partial charge in [-0.05, 0) is 31.2 Å². The van der Waals surface area contributed by atoms with Crippen molar-refractivity contribution in [3.05, 3.63) is 70.1 Å². The maximum absolute atomic E-state index is 13.6. The minimum atomic E-state index is -1.75. The number of nitrogens with one attached hydrogen (secondary N) is 2. The lowest BCUT2D eigenvalue weighted by atomic mass is 10.2. The minimum absolute atomic E-state index is 0.0521. The van der Waals surface area contributed by atoms with Crippen molar-refractivity contribution in [1.29, 1.82) is 0 Å². The number of ether oxygens (including phenoxy) is 2. The van der Waals surface area contributed by atoms with E-state index in [-0.39, 0.29) is 6.73 Å². The van der Waals surface area contributed by atoms with E-state index in [9.17, 15) is 18.0 Å². The second kappa shape index (κ2) is 8.89. The van der Waals surface area contributed by atoms with Crippen LogP contribution in [0, 0.1) is 24.4 Å². The molecule has 0 radical (unpaired) electrons.